The second-order valence-corrected chi connectivity index (χ2v) is 10.7. The van der Waals surface area contributed by atoms with Crippen molar-refractivity contribution in [3.05, 3.63) is 0 Å². The molecule has 0 spiro atoms. The lowest BCUT2D eigenvalue weighted by Crippen LogP contribution is -1.97. The van der Waals surface area contributed by atoms with E-state index in [0.29, 0.717) is 0 Å². The molecule has 0 rings (SSSR count). The Morgan fingerprint density at radius 1 is 0.444 bits per heavy atom. The van der Waals surface area contributed by atoms with Crippen molar-refractivity contribution in [2.45, 2.75) is 153 Å². The molecule has 0 saturated carbocycles. The van der Waals surface area contributed by atoms with Gasteiger partial charge in [0.2, 0.25) is 0 Å². The Kier molecular flexibility index (Phi) is 25.9. The van der Waals surface area contributed by atoms with Gasteiger partial charge in [0, 0.05) is 10.2 Å². The van der Waals surface area contributed by atoms with Crippen LogP contribution in [0.1, 0.15) is 148 Å². The van der Waals surface area contributed by atoms with Crippen molar-refractivity contribution in [2.24, 2.45) is 0 Å². The summed E-state index contributed by atoms with van der Waals surface area (Å²) in [6.45, 7) is 2.30. The summed E-state index contributed by atoms with van der Waals surface area (Å²) in [6.07, 6.45) is 31.6. The van der Waals surface area contributed by atoms with Crippen molar-refractivity contribution in [3.63, 3.8) is 0 Å². The monoisotopic (exact) mass is 508 g/mol. The second-order valence-electron chi connectivity index (χ2n) is 8.58. The van der Waals surface area contributed by atoms with Gasteiger partial charge in [0.15, 0.2) is 0 Å². The number of hydrogen-bond acceptors (Lipinski definition) is 0. The number of hydrogen-bond donors (Lipinski definition) is 0. The highest BCUT2D eigenvalue weighted by Crippen LogP contribution is 2.20. The van der Waals surface area contributed by atoms with E-state index in [4.69, 9.17) is 0 Å². The SMILES string of the molecule is CCCCCCCCCCCC(Br)CCCCCCCCCCCCCBr. The largest absolute Gasteiger partial charge is 0.0928 e. The number of rotatable bonds is 23. The highest BCUT2D eigenvalue weighted by molar-refractivity contribution is 9.09. The first-order valence-electron chi connectivity index (χ1n) is 12.5. The van der Waals surface area contributed by atoms with Crippen LogP contribution < -0.4 is 0 Å². The minimum Gasteiger partial charge on any atom is -0.0928 e. The van der Waals surface area contributed by atoms with Gasteiger partial charge in [-0.3, -0.25) is 0 Å². The lowest BCUT2D eigenvalue weighted by molar-refractivity contribution is 0.526. The Balaban J connectivity index is 3.12. The summed E-state index contributed by atoms with van der Waals surface area (Å²) >= 11 is 7.42. The normalized spacial score (nSPS) is 12.6. The van der Waals surface area contributed by atoms with Crippen molar-refractivity contribution < 1.29 is 0 Å². The predicted molar refractivity (Wildman–Crippen MR) is 134 cm³/mol. The standard InChI is InChI=1S/C25H50Br2/c1-2-3-4-5-6-10-13-16-19-22-25(27)23-20-17-14-11-8-7-9-12-15-18-21-24-26/h25H,2-24H2,1H3. The quantitative estimate of drug-likeness (QED) is 0.0947. The van der Waals surface area contributed by atoms with Gasteiger partial charge in [-0.2, -0.15) is 0 Å². The number of unbranched alkanes of at least 4 members (excludes halogenated alkanes) is 18. The predicted octanol–water partition coefficient (Wildman–Crippen LogP) is 10.7. The Morgan fingerprint density at radius 3 is 1.07 bits per heavy atom. The van der Waals surface area contributed by atoms with Gasteiger partial charge in [-0.25, -0.2) is 0 Å². The molecule has 0 aliphatic carbocycles. The molecule has 0 aliphatic rings. The fraction of sp³-hybridized carbons (Fsp3) is 1.00. The summed E-state index contributed by atoms with van der Waals surface area (Å²) in [5, 5.41) is 1.18. The average Bonchev–Trinajstić information content (AvgIpc) is 2.67. The van der Waals surface area contributed by atoms with Crippen LogP contribution in [0, 0.1) is 0 Å². The maximum absolute atomic E-state index is 3.92. The third kappa shape index (κ3) is 24.9. The van der Waals surface area contributed by atoms with E-state index < -0.39 is 0 Å². The molecule has 0 aromatic heterocycles. The summed E-state index contributed by atoms with van der Waals surface area (Å²) in [6, 6.07) is 0. The molecular weight excluding hydrogens is 460 g/mol. The van der Waals surface area contributed by atoms with Gasteiger partial charge in [0.05, 0.1) is 0 Å². The first-order valence-corrected chi connectivity index (χ1v) is 14.5. The Hall–Kier alpha value is 0.960. The van der Waals surface area contributed by atoms with Crippen molar-refractivity contribution >= 4 is 31.9 Å². The van der Waals surface area contributed by atoms with Crippen LogP contribution in [-0.4, -0.2) is 10.2 Å². The molecule has 0 fully saturated rings. The van der Waals surface area contributed by atoms with E-state index in [9.17, 15) is 0 Å². The van der Waals surface area contributed by atoms with Gasteiger partial charge >= 0.3 is 0 Å². The third-order valence-electron chi connectivity index (χ3n) is 5.77. The van der Waals surface area contributed by atoms with E-state index in [0.717, 1.165) is 4.83 Å². The zero-order chi connectivity index (χ0) is 19.8. The zero-order valence-electron chi connectivity index (χ0n) is 18.6. The van der Waals surface area contributed by atoms with Gasteiger partial charge in [0.25, 0.3) is 0 Å². The highest BCUT2D eigenvalue weighted by atomic mass is 79.9. The first-order chi connectivity index (χ1) is 13.3. The van der Waals surface area contributed by atoms with E-state index in [1.54, 1.807) is 0 Å². The maximum Gasteiger partial charge on any atom is 0.0145 e. The number of halogens is 2. The van der Waals surface area contributed by atoms with Gasteiger partial charge in [-0.05, 0) is 19.3 Å². The van der Waals surface area contributed by atoms with Crippen LogP contribution >= 0.6 is 31.9 Å². The van der Waals surface area contributed by atoms with Crippen LogP contribution in [0.25, 0.3) is 0 Å². The van der Waals surface area contributed by atoms with Crippen LogP contribution in [0.4, 0.5) is 0 Å². The average molecular weight is 510 g/mol. The lowest BCUT2D eigenvalue weighted by Gasteiger charge is -2.09. The highest BCUT2D eigenvalue weighted by Gasteiger charge is 2.03. The molecule has 1 unspecified atom stereocenters. The molecule has 0 amide bonds. The third-order valence-corrected chi connectivity index (χ3v) is 7.25. The molecule has 164 valence electrons. The smallest absolute Gasteiger partial charge is 0.0145 e. The van der Waals surface area contributed by atoms with E-state index in [1.165, 1.54) is 147 Å². The molecule has 0 heterocycles. The molecule has 0 radical (unpaired) electrons. The van der Waals surface area contributed by atoms with Gasteiger partial charge in [0.1, 0.15) is 0 Å². The molecule has 27 heavy (non-hydrogen) atoms. The molecule has 0 nitrogen and oxygen atoms in total. The van der Waals surface area contributed by atoms with Crippen LogP contribution in [0.2, 0.25) is 0 Å². The maximum atomic E-state index is 3.92. The van der Waals surface area contributed by atoms with Crippen molar-refractivity contribution in [1.82, 2.24) is 0 Å². The van der Waals surface area contributed by atoms with E-state index in [1.807, 2.05) is 0 Å². The minimum absolute atomic E-state index is 0.779. The zero-order valence-corrected chi connectivity index (χ0v) is 21.8. The van der Waals surface area contributed by atoms with Crippen LogP contribution in [0.5, 0.6) is 0 Å². The molecule has 0 aliphatic heterocycles. The fourth-order valence-corrected chi connectivity index (χ4v) is 4.92. The molecule has 0 bridgehead atoms. The van der Waals surface area contributed by atoms with Crippen molar-refractivity contribution in [2.75, 3.05) is 5.33 Å². The second kappa shape index (κ2) is 25.0. The topological polar surface area (TPSA) is 0 Å². The van der Waals surface area contributed by atoms with Crippen molar-refractivity contribution in [3.8, 4) is 0 Å². The lowest BCUT2D eigenvalue weighted by atomic mass is 10.0. The van der Waals surface area contributed by atoms with E-state index >= 15 is 0 Å². The Labute approximate surface area is 189 Å². The summed E-state index contributed by atoms with van der Waals surface area (Å²) in [4.78, 5) is 0.779. The minimum atomic E-state index is 0.779. The summed E-state index contributed by atoms with van der Waals surface area (Å²) in [7, 11) is 0. The van der Waals surface area contributed by atoms with E-state index in [2.05, 4.69) is 38.8 Å². The van der Waals surface area contributed by atoms with E-state index in [-0.39, 0.29) is 0 Å². The van der Waals surface area contributed by atoms with Crippen molar-refractivity contribution in [1.29, 1.82) is 0 Å². The molecular formula is C25H50Br2. The Bertz CT molecular complexity index is 255. The molecule has 0 saturated heterocycles. The van der Waals surface area contributed by atoms with Gasteiger partial charge < -0.3 is 0 Å². The fourth-order valence-electron chi connectivity index (χ4n) is 3.87. The van der Waals surface area contributed by atoms with Gasteiger partial charge in [-0.1, -0.05) is 161 Å². The van der Waals surface area contributed by atoms with Gasteiger partial charge in [-0.15, -0.1) is 0 Å². The van der Waals surface area contributed by atoms with Crippen LogP contribution in [0.3, 0.4) is 0 Å². The number of alkyl halides is 2. The first kappa shape index (κ1) is 28.0. The summed E-state index contributed by atoms with van der Waals surface area (Å²) in [5.41, 5.74) is 0. The molecule has 0 N–H and O–H groups in total. The summed E-state index contributed by atoms with van der Waals surface area (Å²) < 4.78 is 0. The molecule has 0 aromatic rings. The Morgan fingerprint density at radius 2 is 0.741 bits per heavy atom. The summed E-state index contributed by atoms with van der Waals surface area (Å²) in [5.74, 6) is 0. The molecule has 1 atom stereocenters. The van der Waals surface area contributed by atoms with Crippen LogP contribution in [0.15, 0.2) is 0 Å². The molecule has 0 aromatic carbocycles. The van der Waals surface area contributed by atoms with Crippen LogP contribution in [-0.2, 0) is 0 Å². The molecule has 2 heteroatoms.